The zero-order valence-corrected chi connectivity index (χ0v) is 11.6. The number of amides is 1. The van der Waals surface area contributed by atoms with Gasteiger partial charge < -0.3 is 0 Å². The van der Waals surface area contributed by atoms with Gasteiger partial charge in [0.15, 0.2) is 0 Å². The van der Waals surface area contributed by atoms with Gasteiger partial charge in [0.25, 0.3) is 5.91 Å². The van der Waals surface area contributed by atoms with Crippen LogP contribution in [0.5, 0.6) is 0 Å². The van der Waals surface area contributed by atoms with Crippen LogP contribution >= 0.6 is 11.3 Å². The van der Waals surface area contributed by atoms with Gasteiger partial charge >= 0.3 is 0 Å². The molecule has 4 nitrogen and oxygen atoms in total. The highest BCUT2D eigenvalue weighted by Crippen LogP contribution is 2.30. The second-order valence-corrected chi connectivity index (χ2v) is 5.72. The first kappa shape index (κ1) is 13.5. The molecule has 0 saturated heterocycles. The molecule has 3 N–H and O–H groups in total. The highest BCUT2D eigenvalue weighted by Gasteiger charge is 2.29. The molecular weight excluding hydrogens is 246 g/mol. The highest BCUT2D eigenvalue weighted by molar-refractivity contribution is 7.12. The fourth-order valence-electron chi connectivity index (χ4n) is 2.14. The number of nitrogens with zero attached hydrogens (tertiary/aromatic N) is 1. The van der Waals surface area contributed by atoms with Crippen molar-refractivity contribution in [2.75, 3.05) is 6.54 Å². The molecule has 1 saturated carbocycles. The quantitative estimate of drug-likeness (QED) is 0.452. The van der Waals surface area contributed by atoms with Crippen molar-refractivity contribution in [3.8, 4) is 0 Å². The molecule has 1 heterocycles. The number of hydrazine groups is 1. The van der Waals surface area contributed by atoms with Crippen molar-refractivity contribution < 1.29 is 4.79 Å². The lowest BCUT2D eigenvalue weighted by atomic mass is 10.2. The van der Waals surface area contributed by atoms with Gasteiger partial charge in [-0.1, -0.05) is 13.3 Å². The number of rotatable bonds is 7. The van der Waals surface area contributed by atoms with Gasteiger partial charge in [-0.25, -0.2) is 5.84 Å². The minimum atomic E-state index is -0.175. The summed E-state index contributed by atoms with van der Waals surface area (Å²) in [5, 5.41) is 1.96. The number of nitrogens with one attached hydrogen (secondary N) is 1. The van der Waals surface area contributed by atoms with Crippen LogP contribution in [0.1, 0.15) is 47.8 Å². The molecule has 1 aromatic rings. The van der Waals surface area contributed by atoms with Gasteiger partial charge in [-0.2, -0.15) is 0 Å². The van der Waals surface area contributed by atoms with Gasteiger partial charge in [0.05, 0.1) is 4.88 Å². The molecule has 1 aliphatic carbocycles. The van der Waals surface area contributed by atoms with Crippen LogP contribution in [0, 0.1) is 0 Å². The van der Waals surface area contributed by atoms with Crippen molar-refractivity contribution in [2.24, 2.45) is 5.84 Å². The van der Waals surface area contributed by atoms with E-state index in [1.165, 1.54) is 37.0 Å². The van der Waals surface area contributed by atoms with Crippen LogP contribution in [0.2, 0.25) is 0 Å². The average Bonchev–Trinajstić information content (AvgIpc) is 3.13. The molecule has 100 valence electrons. The van der Waals surface area contributed by atoms with Crippen LogP contribution in [-0.2, 0) is 6.54 Å². The maximum Gasteiger partial charge on any atom is 0.275 e. The number of nitrogens with two attached hydrogens (primary N) is 1. The zero-order valence-electron chi connectivity index (χ0n) is 10.8. The lowest BCUT2D eigenvalue weighted by Gasteiger charge is -2.21. The summed E-state index contributed by atoms with van der Waals surface area (Å²) in [6.07, 6.45) is 5.03. The smallest absolute Gasteiger partial charge is 0.275 e. The number of nitrogen functional groups attached to an aromatic ring is 1. The first-order chi connectivity index (χ1) is 8.76. The van der Waals surface area contributed by atoms with E-state index in [-0.39, 0.29) is 5.91 Å². The maximum atomic E-state index is 11.6. The molecule has 5 heteroatoms. The normalized spacial score (nSPS) is 15.1. The van der Waals surface area contributed by atoms with Gasteiger partial charge in [0.2, 0.25) is 0 Å². The molecule has 2 rings (SSSR count). The van der Waals surface area contributed by atoms with Crippen LogP contribution in [0.3, 0.4) is 0 Å². The largest absolute Gasteiger partial charge is 0.296 e. The van der Waals surface area contributed by atoms with Crippen molar-refractivity contribution in [3.05, 3.63) is 21.9 Å². The lowest BCUT2D eigenvalue weighted by Crippen LogP contribution is -2.31. The first-order valence-electron chi connectivity index (χ1n) is 6.57. The first-order valence-corrected chi connectivity index (χ1v) is 7.45. The predicted molar refractivity (Wildman–Crippen MR) is 74.3 cm³/mol. The number of carbonyl (C=O) groups is 1. The number of carbonyl (C=O) groups excluding carboxylic acids is 1. The molecule has 0 aliphatic heterocycles. The monoisotopic (exact) mass is 267 g/mol. The second kappa shape index (κ2) is 6.31. The predicted octanol–water partition coefficient (Wildman–Crippen LogP) is 2.12. The Balaban J connectivity index is 2.01. The number of unbranched alkanes of at least 4 members (excludes halogenated alkanes) is 1. The van der Waals surface area contributed by atoms with Crippen LogP contribution in [-0.4, -0.2) is 23.4 Å². The third kappa shape index (κ3) is 3.31. The van der Waals surface area contributed by atoms with Gasteiger partial charge in [-0.15, -0.1) is 11.3 Å². The minimum absolute atomic E-state index is 0.175. The van der Waals surface area contributed by atoms with Crippen molar-refractivity contribution >= 4 is 17.2 Å². The molecule has 1 aliphatic rings. The fourth-order valence-corrected chi connectivity index (χ4v) is 2.95. The Kier molecular flexibility index (Phi) is 4.74. The Hall–Kier alpha value is -0.910. The van der Waals surface area contributed by atoms with E-state index in [4.69, 9.17) is 5.84 Å². The van der Waals surface area contributed by atoms with Crippen molar-refractivity contribution in [1.29, 1.82) is 0 Å². The lowest BCUT2D eigenvalue weighted by molar-refractivity contribution is 0.0955. The van der Waals surface area contributed by atoms with Crippen LogP contribution in [0.25, 0.3) is 0 Å². The van der Waals surface area contributed by atoms with E-state index in [1.807, 2.05) is 11.4 Å². The summed E-state index contributed by atoms with van der Waals surface area (Å²) in [4.78, 5) is 14.9. The molecule has 1 fully saturated rings. The van der Waals surface area contributed by atoms with Gasteiger partial charge in [0, 0.05) is 12.6 Å². The minimum Gasteiger partial charge on any atom is -0.296 e. The fraction of sp³-hybridized carbons (Fsp3) is 0.615. The van der Waals surface area contributed by atoms with Gasteiger partial charge in [-0.3, -0.25) is 15.1 Å². The van der Waals surface area contributed by atoms with E-state index in [2.05, 4.69) is 17.2 Å². The van der Waals surface area contributed by atoms with Crippen molar-refractivity contribution in [1.82, 2.24) is 10.3 Å². The summed E-state index contributed by atoms with van der Waals surface area (Å²) >= 11 is 1.46. The molecular formula is C13H21N3OS. The summed E-state index contributed by atoms with van der Waals surface area (Å²) in [6.45, 7) is 4.21. The summed E-state index contributed by atoms with van der Waals surface area (Å²) < 4.78 is 0. The molecule has 0 unspecified atom stereocenters. The molecule has 0 spiro atoms. The Labute approximate surface area is 112 Å². The third-order valence-electron chi connectivity index (χ3n) is 3.32. The summed E-state index contributed by atoms with van der Waals surface area (Å²) in [6, 6.07) is 2.77. The van der Waals surface area contributed by atoms with Crippen LogP contribution < -0.4 is 11.3 Å². The number of hydrogen-bond acceptors (Lipinski definition) is 4. The third-order valence-corrected chi connectivity index (χ3v) is 4.28. The van der Waals surface area contributed by atoms with E-state index in [9.17, 15) is 4.79 Å². The van der Waals surface area contributed by atoms with Crippen LogP contribution in [0.4, 0.5) is 0 Å². The van der Waals surface area contributed by atoms with Gasteiger partial charge in [-0.05, 0) is 42.8 Å². The average molecular weight is 267 g/mol. The second-order valence-electron chi connectivity index (χ2n) is 4.80. The summed E-state index contributed by atoms with van der Waals surface area (Å²) in [7, 11) is 0. The van der Waals surface area contributed by atoms with Crippen LogP contribution in [0.15, 0.2) is 11.4 Å². The standard InChI is InChI=1S/C13H21N3OS/c1-2-3-7-16(11-4-5-11)9-10-6-8-18-12(10)13(17)15-14/h6,8,11H,2-5,7,9,14H2,1H3,(H,15,17). The SMILES string of the molecule is CCCCN(Cc1ccsc1C(=O)NN)C1CC1. The number of thiophene rings is 1. The molecule has 1 aromatic heterocycles. The Bertz CT molecular complexity index is 401. The Morgan fingerprint density at radius 3 is 3.00 bits per heavy atom. The summed E-state index contributed by atoms with van der Waals surface area (Å²) in [5.41, 5.74) is 3.32. The molecule has 0 aromatic carbocycles. The maximum absolute atomic E-state index is 11.6. The van der Waals surface area contributed by atoms with E-state index >= 15 is 0 Å². The molecule has 0 atom stereocenters. The Morgan fingerprint density at radius 1 is 1.61 bits per heavy atom. The van der Waals surface area contributed by atoms with Gasteiger partial charge in [0.1, 0.15) is 0 Å². The molecule has 0 bridgehead atoms. The summed E-state index contributed by atoms with van der Waals surface area (Å²) in [5.74, 6) is 5.03. The van der Waals surface area contributed by atoms with Crippen molar-refractivity contribution in [2.45, 2.75) is 45.2 Å². The zero-order chi connectivity index (χ0) is 13.0. The van der Waals surface area contributed by atoms with E-state index in [0.717, 1.165) is 29.6 Å². The molecule has 18 heavy (non-hydrogen) atoms. The van der Waals surface area contributed by atoms with E-state index < -0.39 is 0 Å². The Morgan fingerprint density at radius 2 is 2.39 bits per heavy atom. The van der Waals surface area contributed by atoms with E-state index in [1.54, 1.807) is 0 Å². The highest BCUT2D eigenvalue weighted by atomic mass is 32.1. The molecule has 1 amide bonds. The molecule has 0 radical (unpaired) electrons. The number of hydrogen-bond donors (Lipinski definition) is 2. The van der Waals surface area contributed by atoms with E-state index in [0.29, 0.717) is 0 Å². The van der Waals surface area contributed by atoms with Crippen molar-refractivity contribution in [3.63, 3.8) is 0 Å². The topological polar surface area (TPSA) is 58.4 Å².